The number of carbonyl (C=O) groups is 2. The van der Waals surface area contributed by atoms with Crippen molar-refractivity contribution in [2.45, 2.75) is 31.7 Å². The molecule has 0 spiro atoms. The zero-order valence-electron chi connectivity index (χ0n) is 11.2. The van der Waals surface area contributed by atoms with Crippen LogP contribution < -0.4 is 21.5 Å². The largest absolute Gasteiger partial charge is 0.482 e. The maximum atomic E-state index is 12.1. The van der Waals surface area contributed by atoms with Gasteiger partial charge in [0.05, 0.1) is 5.69 Å². The van der Waals surface area contributed by atoms with Gasteiger partial charge in [-0.05, 0) is 31.0 Å². The molecule has 0 unspecified atom stereocenters. The van der Waals surface area contributed by atoms with E-state index in [0.29, 0.717) is 17.0 Å². The Morgan fingerprint density at radius 1 is 1.30 bits per heavy atom. The molecule has 0 aromatic heterocycles. The van der Waals surface area contributed by atoms with Gasteiger partial charge in [-0.25, -0.2) is 0 Å². The highest BCUT2D eigenvalue weighted by Gasteiger charge is 2.18. The third-order valence-corrected chi connectivity index (χ3v) is 3.34. The Bertz CT molecular complexity index is 510. The quantitative estimate of drug-likeness (QED) is 0.692. The van der Waals surface area contributed by atoms with Crippen molar-refractivity contribution in [2.24, 2.45) is 5.73 Å². The number of carbonyl (C=O) groups excluding carboxylic acids is 2. The molecule has 1 aliphatic rings. The molecule has 1 aromatic carbocycles. The lowest BCUT2D eigenvalue weighted by Crippen LogP contribution is -2.32. The van der Waals surface area contributed by atoms with Crippen molar-refractivity contribution in [1.82, 2.24) is 5.32 Å². The molecule has 1 aromatic rings. The zero-order valence-corrected chi connectivity index (χ0v) is 11.2. The summed E-state index contributed by atoms with van der Waals surface area (Å²) in [7, 11) is 0. The van der Waals surface area contributed by atoms with Crippen molar-refractivity contribution in [1.29, 1.82) is 0 Å². The fourth-order valence-electron chi connectivity index (χ4n) is 2.29. The van der Waals surface area contributed by atoms with Gasteiger partial charge in [-0.15, -0.1) is 0 Å². The van der Waals surface area contributed by atoms with Crippen molar-refractivity contribution in [3.05, 3.63) is 23.8 Å². The third-order valence-electron chi connectivity index (χ3n) is 3.34. The first-order chi connectivity index (χ1) is 9.56. The number of ether oxygens (including phenoxy) is 1. The van der Waals surface area contributed by atoms with E-state index >= 15 is 0 Å². The second-order valence-electron chi connectivity index (χ2n) is 4.96. The first-order valence-corrected chi connectivity index (χ1v) is 6.68. The molecule has 0 radical (unpaired) electrons. The number of primary amides is 1. The van der Waals surface area contributed by atoms with Crippen LogP contribution in [0.3, 0.4) is 0 Å². The SMILES string of the molecule is NC(=O)COc1cc(C(=O)NC2CCCC2)ccc1N. The molecule has 1 saturated carbocycles. The Morgan fingerprint density at radius 2 is 2.00 bits per heavy atom. The monoisotopic (exact) mass is 277 g/mol. The fraction of sp³-hybridized carbons (Fsp3) is 0.429. The molecule has 5 N–H and O–H groups in total. The number of rotatable bonds is 5. The number of nitrogens with two attached hydrogens (primary N) is 2. The van der Waals surface area contributed by atoms with Crippen LogP contribution >= 0.6 is 0 Å². The van der Waals surface area contributed by atoms with Gasteiger partial charge in [-0.2, -0.15) is 0 Å². The molecule has 0 saturated heterocycles. The number of amides is 2. The Balaban J connectivity index is 2.05. The second kappa shape index (κ2) is 6.27. The summed E-state index contributed by atoms with van der Waals surface area (Å²) in [5, 5.41) is 2.98. The molecule has 0 atom stereocenters. The maximum Gasteiger partial charge on any atom is 0.255 e. The lowest BCUT2D eigenvalue weighted by atomic mass is 10.1. The van der Waals surface area contributed by atoms with E-state index in [1.165, 1.54) is 6.07 Å². The summed E-state index contributed by atoms with van der Waals surface area (Å²) in [5.74, 6) is -0.450. The van der Waals surface area contributed by atoms with Crippen molar-refractivity contribution >= 4 is 17.5 Å². The van der Waals surface area contributed by atoms with Crippen molar-refractivity contribution in [3.8, 4) is 5.75 Å². The van der Waals surface area contributed by atoms with Crippen LogP contribution in [0.25, 0.3) is 0 Å². The molecule has 1 fully saturated rings. The summed E-state index contributed by atoms with van der Waals surface area (Å²) < 4.78 is 5.18. The van der Waals surface area contributed by atoms with E-state index in [1.54, 1.807) is 12.1 Å². The van der Waals surface area contributed by atoms with E-state index < -0.39 is 5.91 Å². The molecule has 6 heteroatoms. The van der Waals surface area contributed by atoms with Gasteiger partial charge < -0.3 is 21.5 Å². The smallest absolute Gasteiger partial charge is 0.255 e. The summed E-state index contributed by atoms with van der Waals surface area (Å²) in [6.45, 7) is -0.266. The molecule has 2 amide bonds. The van der Waals surface area contributed by atoms with E-state index in [4.69, 9.17) is 16.2 Å². The topological polar surface area (TPSA) is 107 Å². The average Bonchev–Trinajstić information content (AvgIpc) is 2.90. The van der Waals surface area contributed by atoms with E-state index in [0.717, 1.165) is 25.7 Å². The molecule has 0 bridgehead atoms. The molecule has 20 heavy (non-hydrogen) atoms. The van der Waals surface area contributed by atoms with Gasteiger partial charge in [0, 0.05) is 11.6 Å². The van der Waals surface area contributed by atoms with Gasteiger partial charge in [0.1, 0.15) is 5.75 Å². The van der Waals surface area contributed by atoms with Gasteiger partial charge in [0.15, 0.2) is 6.61 Å². The number of hydrogen-bond acceptors (Lipinski definition) is 4. The van der Waals surface area contributed by atoms with Gasteiger partial charge in [-0.3, -0.25) is 9.59 Å². The second-order valence-corrected chi connectivity index (χ2v) is 4.96. The predicted octanol–water partition coefficient (Wildman–Crippen LogP) is 0.805. The maximum absolute atomic E-state index is 12.1. The van der Waals surface area contributed by atoms with Crippen molar-refractivity contribution in [2.75, 3.05) is 12.3 Å². The minimum Gasteiger partial charge on any atom is -0.482 e. The van der Waals surface area contributed by atoms with Crippen LogP contribution in [0.1, 0.15) is 36.0 Å². The summed E-state index contributed by atoms with van der Waals surface area (Å²) in [6, 6.07) is 4.99. The molecule has 6 nitrogen and oxygen atoms in total. The average molecular weight is 277 g/mol. The summed E-state index contributed by atoms with van der Waals surface area (Å²) in [4.78, 5) is 22.8. The predicted molar refractivity (Wildman–Crippen MR) is 75.3 cm³/mol. The summed E-state index contributed by atoms with van der Waals surface area (Å²) in [6.07, 6.45) is 4.34. The van der Waals surface area contributed by atoms with Gasteiger partial charge in [-0.1, -0.05) is 12.8 Å². The molecule has 0 heterocycles. The number of benzene rings is 1. The Morgan fingerprint density at radius 3 is 2.65 bits per heavy atom. The van der Waals surface area contributed by atoms with Crippen molar-refractivity contribution < 1.29 is 14.3 Å². The molecule has 0 aliphatic heterocycles. The van der Waals surface area contributed by atoms with Gasteiger partial charge in [0.25, 0.3) is 11.8 Å². The minimum atomic E-state index is -0.592. The van der Waals surface area contributed by atoms with Crippen LogP contribution in [0, 0.1) is 0 Å². The number of nitrogens with one attached hydrogen (secondary N) is 1. The summed E-state index contributed by atoms with van der Waals surface area (Å²) >= 11 is 0. The lowest BCUT2D eigenvalue weighted by Gasteiger charge is -2.13. The van der Waals surface area contributed by atoms with Crippen LogP contribution in [0.15, 0.2) is 18.2 Å². The van der Waals surface area contributed by atoms with Crippen LogP contribution in [-0.2, 0) is 4.79 Å². The lowest BCUT2D eigenvalue weighted by molar-refractivity contribution is -0.119. The normalized spacial score (nSPS) is 15.0. The number of hydrogen-bond donors (Lipinski definition) is 3. The van der Waals surface area contributed by atoms with E-state index in [1.807, 2.05) is 0 Å². The molecule has 2 rings (SSSR count). The van der Waals surface area contributed by atoms with E-state index in [-0.39, 0.29) is 18.6 Å². The summed E-state index contributed by atoms with van der Waals surface area (Å²) in [5.41, 5.74) is 11.6. The van der Waals surface area contributed by atoms with Crippen LogP contribution in [0.4, 0.5) is 5.69 Å². The van der Waals surface area contributed by atoms with Gasteiger partial charge in [0.2, 0.25) is 0 Å². The van der Waals surface area contributed by atoms with Crippen LogP contribution in [0.2, 0.25) is 0 Å². The Hall–Kier alpha value is -2.24. The first-order valence-electron chi connectivity index (χ1n) is 6.68. The molecular formula is C14H19N3O3. The van der Waals surface area contributed by atoms with Crippen LogP contribution in [0.5, 0.6) is 5.75 Å². The number of nitrogen functional groups attached to an aromatic ring is 1. The minimum absolute atomic E-state index is 0.152. The van der Waals surface area contributed by atoms with Gasteiger partial charge >= 0.3 is 0 Å². The van der Waals surface area contributed by atoms with Crippen molar-refractivity contribution in [3.63, 3.8) is 0 Å². The molecule has 1 aliphatic carbocycles. The Kier molecular flexibility index (Phi) is 4.45. The third kappa shape index (κ3) is 3.63. The first kappa shape index (κ1) is 14.2. The zero-order chi connectivity index (χ0) is 14.5. The Labute approximate surface area is 117 Å². The van der Waals surface area contributed by atoms with E-state index in [9.17, 15) is 9.59 Å². The fourth-order valence-corrected chi connectivity index (χ4v) is 2.29. The highest BCUT2D eigenvalue weighted by atomic mass is 16.5. The standard InChI is InChI=1S/C14H19N3O3/c15-11-6-5-9(7-12(11)20-8-13(16)18)14(19)17-10-3-1-2-4-10/h5-7,10H,1-4,8,15H2,(H2,16,18)(H,17,19). The number of anilines is 1. The highest BCUT2D eigenvalue weighted by molar-refractivity contribution is 5.95. The highest BCUT2D eigenvalue weighted by Crippen LogP contribution is 2.23. The van der Waals surface area contributed by atoms with Crippen LogP contribution in [-0.4, -0.2) is 24.5 Å². The molecular weight excluding hydrogens is 258 g/mol. The molecule has 108 valence electrons. The van der Waals surface area contributed by atoms with E-state index in [2.05, 4.69) is 5.32 Å².